The van der Waals surface area contributed by atoms with Crippen molar-refractivity contribution >= 4 is 23.0 Å². The zero-order chi connectivity index (χ0) is 18.9. The summed E-state index contributed by atoms with van der Waals surface area (Å²) in [7, 11) is 0. The van der Waals surface area contributed by atoms with Crippen LogP contribution in [0.15, 0.2) is 52.9 Å². The first kappa shape index (κ1) is 17.1. The Bertz CT molecular complexity index is 958. The lowest BCUT2D eigenvalue weighted by molar-refractivity contribution is -0.126. The van der Waals surface area contributed by atoms with E-state index in [0.717, 1.165) is 54.8 Å². The Balaban J connectivity index is 1.22. The molecule has 1 N–H and O–H groups in total. The van der Waals surface area contributed by atoms with Crippen LogP contribution in [0.5, 0.6) is 5.75 Å². The largest absolute Gasteiger partial charge is 0.493 e. The zero-order valence-corrected chi connectivity index (χ0v) is 15.6. The van der Waals surface area contributed by atoms with Crippen LogP contribution in [0, 0.1) is 5.92 Å². The number of ether oxygens (including phenoxy) is 1. The number of oxazole rings is 1. The number of benzene rings is 2. The maximum atomic E-state index is 12.9. The van der Waals surface area contributed by atoms with E-state index in [1.54, 1.807) is 0 Å². The third kappa shape index (κ3) is 3.19. The van der Waals surface area contributed by atoms with Gasteiger partial charge in [-0.1, -0.05) is 30.3 Å². The molecule has 1 fully saturated rings. The van der Waals surface area contributed by atoms with E-state index in [2.05, 4.69) is 15.2 Å². The van der Waals surface area contributed by atoms with Gasteiger partial charge in [0.25, 0.3) is 6.01 Å². The molecule has 1 amide bonds. The van der Waals surface area contributed by atoms with E-state index in [1.807, 2.05) is 48.5 Å². The van der Waals surface area contributed by atoms with Crippen LogP contribution in [0.1, 0.15) is 30.9 Å². The second-order valence-electron chi connectivity index (χ2n) is 7.46. The summed E-state index contributed by atoms with van der Waals surface area (Å²) in [5.74, 6) is 1.04. The van der Waals surface area contributed by atoms with Crippen molar-refractivity contribution in [3.8, 4) is 5.75 Å². The highest BCUT2D eigenvalue weighted by atomic mass is 16.5. The Labute approximate surface area is 163 Å². The quantitative estimate of drug-likeness (QED) is 0.754. The molecule has 0 unspecified atom stereocenters. The normalized spacial score (nSPS) is 19.9. The van der Waals surface area contributed by atoms with Crippen molar-refractivity contribution in [1.82, 2.24) is 10.3 Å². The van der Waals surface area contributed by atoms with Gasteiger partial charge in [-0.05, 0) is 31.0 Å². The molecule has 28 heavy (non-hydrogen) atoms. The molecule has 5 rings (SSSR count). The molecule has 2 aromatic carbocycles. The van der Waals surface area contributed by atoms with Crippen molar-refractivity contribution in [2.24, 2.45) is 5.92 Å². The van der Waals surface area contributed by atoms with Gasteiger partial charge in [0, 0.05) is 31.0 Å². The van der Waals surface area contributed by atoms with E-state index in [1.165, 1.54) is 0 Å². The lowest BCUT2D eigenvalue weighted by Crippen LogP contribution is -2.42. The van der Waals surface area contributed by atoms with Gasteiger partial charge >= 0.3 is 0 Å². The second kappa shape index (κ2) is 7.19. The molecule has 6 heteroatoms. The van der Waals surface area contributed by atoms with Crippen molar-refractivity contribution in [1.29, 1.82) is 0 Å². The Morgan fingerprint density at radius 3 is 2.68 bits per heavy atom. The summed E-state index contributed by atoms with van der Waals surface area (Å²) in [6, 6.07) is 16.4. The number of para-hydroxylation sites is 3. The number of hydrogen-bond donors (Lipinski definition) is 1. The van der Waals surface area contributed by atoms with Crippen LogP contribution in [-0.2, 0) is 4.79 Å². The molecule has 2 aliphatic heterocycles. The molecule has 0 bridgehead atoms. The van der Waals surface area contributed by atoms with Gasteiger partial charge in [0.15, 0.2) is 5.58 Å². The van der Waals surface area contributed by atoms with Gasteiger partial charge in [-0.2, -0.15) is 4.98 Å². The number of anilines is 1. The maximum absolute atomic E-state index is 12.9. The Morgan fingerprint density at radius 2 is 1.82 bits per heavy atom. The van der Waals surface area contributed by atoms with Gasteiger partial charge < -0.3 is 19.4 Å². The van der Waals surface area contributed by atoms with E-state index in [4.69, 9.17) is 9.15 Å². The van der Waals surface area contributed by atoms with E-state index < -0.39 is 0 Å². The first-order valence-electron chi connectivity index (χ1n) is 9.90. The van der Waals surface area contributed by atoms with Crippen molar-refractivity contribution in [2.75, 3.05) is 24.6 Å². The number of nitrogens with one attached hydrogen (secondary N) is 1. The molecular formula is C22H23N3O3. The summed E-state index contributed by atoms with van der Waals surface area (Å²) >= 11 is 0. The lowest BCUT2D eigenvalue weighted by atomic mass is 9.94. The van der Waals surface area contributed by atoms with E-state index in [0.29, 0.717) is 12.6 Å². The predicted octanol–water partition coefficient (Wildman–Crippen LogP) is 3.68. The summed E-state index contributed by atoms with van der Waals surface area (Å²) in [5.41, 5.74) is 2.75. The highest BCUT2D eigenvalue weighted by Gasteiger charge is 2.30. The average Bonchev–Trinajstić information content (AvgIpc) is 3.18. The molecule has 1 atom stereocenters. The third-order valence-electron chi connectivity index (χ3n) is 5.69. The third-order valence-corrected chi connectivity index (χ3v) is 5.69. The lowest BCUT2D eigenvalue weighted by Gasteiger charge is -2.32. The molecule has 0 radical (unpaired) electrons. The number of amides is 1. The summed E-state index contributed by atoms with van der Waals surface area (Å²) in [4.78, 5) is 19.6. The highest BCUT2D eigenvalue weighted by molar-refractivity contribution is 5.80. The van der Waals surface area contributed by atoms with Gasteiger partial charge in [-0.3, -0.25) is 4.79 Å². The molecule has 6 nitrogen and oxygen atoms in total. The summed E-state index contributed by atoms with van der Waals surface area (Å²) in [5, 5.41) is 3.24. The number of carbonyl (C=O) groups excluding carboxylic acids is 1. The molecule has 3 heterocycles. The first-order valence-corrected chi connectivity index (χ1v) is 9.90. The molecule has 2 aliphatic rings. The standard InChI is InChI=1S/C22H23N3O3/c26-21(23-17-11-14-27-19-7-3-1-5-16(17)19)15-9-12-25(13-10-15)22-24-18-6-2-4-8-20(18)28-22/h1-8,15,17H,9-14H2,(H,23,26)/t17-/m1/s1. The van der Waals surface area contributed by atoms with Crippen molar-refractivity contribution in [3.63, 3.8) is 0 Å². The van der Waals surface area contributed by atoms with Crippen LogP contribution in [0.2, 0.25) is 0 Å². The fraction of sp³-hybridized carbons (Fsp3) is 0.364. The number of piperidine rings is 1. The van der Waals surface area contributed by atoms with Crippen molar-refractivity contribution in [2.45, 2.75) is 25.3 Å². The Kier molecular flexibility index (Phi) is 4.39. The Morgan fingerprint density at radius 1 is 1.04 bits per heavy atom. The number of aromatic nitrogens is 1. The van der Waals surface area contributed by atoms with Crippen LogP contribution in [0.3, 0.4) is 0 Å². The number of hydrogen-bond acceptors (Lipinski definition) is 5. The van der Waals surface area contributed by atoms with E-state index in [-0.39, 0.29) is 17.9 Å². The smallest absolute Gasteiger partial charge is 0.298 e. The van der Waals surface area contributed by atoms with Gasteiger partial charge in [0.05, 0.1) is 12.6 Å². The number of carbonyl (C=O) groups is 1. The molecule has 0 spiro atoms. The fourth-order valence-electron chi connectivity index (χ4n) is 4.11. The van der Waals surface area contributed by atoms with Crippen molar-refractivity contribution in [3.05, 3.63) is 54.1 Å². The molecule has 0 aliphatic carbocycles. The molecule has 3 aromatic rings. The summed E-state index contributed by atoms with van der Waals surface area (Å²) in [6.07, 6.45) is 2.41. The number of rotatable bonds is 3. The van der Waals surface area contributed by atoms with Crippen LogP contribution in [-0.4, -0.2) is 30.6 Å². The minimum Gasteiger partial charge on any atom is -0.493 e. The van der Waals surface area contributed by atoms with Crippen LogP contribution in [0.25, 0.3) is 11.1 Å². The summed E-state index contributed by atoms with van der Waals surface area (Å²) in [6.45, 7) is 2.18. The SMILES string of the molecule is O=C(N[C@@H]1CCOc2ccccc21)C1CCN(c2nc3ccccc3o2)CC1. The zero-order valence-electron chi connectivity index (χ0n) is 15.6. The fourth-order valence-corrected chi connectivity index (χ4v) is 4.11. The average molecular weight is 377 g/mol. The minimum atomic E-state index is 0.0237. The molecule has 1 aromatic heterocycles. The topological polar surface area (TPSA) is 67.6 Å². The van der Waals surface area contributed by atoms with Gasteiger partial charge in [0.2, 0.25) is 5.91 Å². The maximum Gasteiger partial charge on any atom is 0.298 e. The second-order valence-corrected chi connectivity index (χ2v) is 7.46. The highest BCUT2D eigenvalue weighted by Crippen LogP contribution is 2.32. The summed E-state index contributed by atoms with van der Waals surface area (Å²) < 4.78 is 11.6. The van der Waals surface area contributed by atoms with Crippen LogP contribution < -0.4 is 15.0 Å². The molecule has 144 valence electrons. The number of fused-ring (bicyclic) bond motifs is 2. The van der Waals surface area contributed by atoms with E-state index in [9.17, 15) is 4.79 Å². The molecule has 0 saturated carbocycles. The number of nitrogens with zero attached hydrogens (tertiary/aromatic N) is 2. The van der Waals surface area contributed by atoms with Gasteiger partial charge in [-0.25, -0.2) is 0 Å². The minimum absolute atomic E-state index is 0.0237. The van der Waals surface area contributed by atoms with Gasteiger partial charge in [0.1, 0.15) is 11.3 Å². The molecule has 1 saturated heterocycles. The van der Waals surface area contributed by atoms with Gasteiger partial charge in [-0.15, -0.1) is 0 Å². The van der Waals surface area contributed by atoms with E-state index >= 15 is 0 Å². The Hall–Kier alpha value is -3.02. The molecular weight excluding hydrogens is 354 g/mol. The monoisotopic (exact) mass is 377 g/mol. The van der Waals surface area contributed by atoms with Crippen LogP contribution >= 0.6 is 0 Å². The van der Waals surface area contributed by atoms with Crippen molar-refractivity contribution < 1.29 is 13.9 Å². The predicted molar refractivity (Wildman–Crippen MR) is 106 cm³/mol. The van der Waals surface area contributed by atoms with Crippen LogP contribution in [0.4, 0.5) is 6.01 Å². The first-order chi connectivity index (χ1) is 13.8.